The average molecular weight is 307 g/mol. The van der Waals surface area contributed by atoms with Crippen molar-refractivity contribution < 1.29 is 0 Å². The number of fused-ring (bicyclic) bond motifs is 1. The van der Waals surface area contributed by atoms with Crippen LogP contribution in [0.5, 0.6) is 0 Å². The number of nitrogens with one attached hydrogen (secondary N) is 1. The van der Waals surface area contributed by atoms with Gasteiger partial charge in [0.1, 0.15) is 0 Å². The maximum absolute atomic E-state index is 3.68. The van der Waals surface area contributed by atoms with Gasteiger partial charge in [0.2, 0.25) is 0 Å². The topological polar surface area (TPSA) is 17.0 Å². The lowest BCUT2D eigenvalue weighted by Gasteiger charge is -2.10. The van der Waals surface area contributed by atoms with E-state index in [4.69, 9.17) is 0 Å². The third kappa shape index (κ3) is 2.21. The van der Waals surface area contributed by atoms with E-state index in [2.05, 4.69) is 64.1 Å². The van der Waals surface area contributed by atoms with Gasteiger partial charge in [-0.25, -0.2) is 0 Å². The van der Waals surface area contributed by atoms with Crippen LogP contribution in [0.15, 0.2) is 28.9 Å². The van der Waals surface area contributed by atoms with Crippen LogP contribution >= 0.6 is 15.9 Å². The second-order valence-electron chi connectivity index (χ2n) is 5.45. The molecule has 0 bridgehead atoms. The van der Waals surface area contributed by atoms with Crippen molar-refractivity contribution in [2.24, 2.45) is 0 Å². The first kappa shape index (κ1) is 12.2. The summed E-state index contributed by atoms with van der Waals surface area (Å²) in [7, 11) is 0. The summed E-state index contributed by atoms with van der Waals surface area (Å²) < 4.78 is 3.55. The van der Waals surface area contributed by atoms with Crippen LogP contribution in [-0.4, -0.2) is 10.6 Å². The molecule has 3 heteroatoms. The molecule has 1 aliphatic rings. The number of para-hydroxylation sites is 1. The number of hydrogen-bond donors (Lipinski definition) is 1. The molecule has 3 rings (SSSR count). The Balaban J connectivity index is 2.04. The van der Waals surface area contributed by atoms with Crippen LogP contribution in [0.1, 0.15) is 38.3 Å². The van der Waals surface area contributed by atoms with Crippen LogP contribution in [0.25, 0.3) is 10.9 Å². The number of benzene rings is 1. The molecular weight excluding hydrogens is 288 g/mol. The van der Waals surface area contributed by atoms with Crippen LogP contribution in [-0.2, 0) is 6.54 Å². The van der Waals surface area contributed by atoms with E-state index in [9.17, 15) is 0 Å². The molecule has 1 saturated carbocycles. The van der Waals surface area contributed by atoms with Crippen molar-refractivity contribution in [3.05, 3.63) is 34.4 Å². The highest BCUT2D eigenvalue weighted by Crippen LogP contribution is 2.31. The molecule has 0 unspecified atom stereocenters. The summed E-state index contributed by atoms with van der Waals surface area (Å²) in [6, 6.07) is 7.72. The molecule has 0 amide bonds. The van der Waals surface area contributed by atoms with Gasteiger partial charge in [-0.1, -0.05) is 12.1 Å². The summed E-state index contributed by atoms with van der Waals surface area (Å²) in [6.45, 7) is 5.45. The normalized spacial score (nSPS) is 15.8. The fourth-order valence-corrected chi connectivity index (χ4v) is 3.00. The van der Waals surface area contributed by atoms with Gasteiger partial charge in [0.25, 0.3) is 0 Å². The minimum atomic E-state index is 0.487. The van der Waals surface area contributed by atoms with Crippen molar-refractivity contribution in [1.82, 2.24) is 9.88 Å². The predicted octanol–water partition coefficient (Wildman–Crippen LogP) is 4.24. The van der Waals surface area contributed by atoms with E-state index < -0.39 is 0 Å². The Kier molecular flexibility index (Phi) is 3.20. The monoisotopic (exact) mass is 306 g/mol. The molecule has 1 heterocycles. The van der Waals surface area contributed by atoms with E-state index in [-0.39, 0.29) is 0 Å². The molecular formula is C15H19BrN2. The standard InChI is InChI=1S/C15H19BrN2/c1-10(2)18-9-11(8-17-12-6-7-12)13-4-3-5-14(16)15(13)18/h3-5,9-10,12,17H,6-8H2,1-2H3. The van der Waals surface area contributed by atoms with E-state index in [0.29, 0.717) is 6.04 Å². The highest BCUT2D eigenvalue weighted by Gasteiger charge is 2.21. The van der Waals surface area contributed by atoms with Crippen LogP contribution in [0.3, 0.4) is 0 Å². The number of rotatable bonds is 4. The van der Waals surface area contributed by atoms with E-state index >= 15 is 0 Å². The number of hydrogen-bond acceptors (Lipinski definition) is 1. The van der Waals surface area contributed by atoms with E-state index in [1.807, 2.05) is 0 Å². The lowest BCUT2D eigenvalue weighted by atomic mass is 10.2. The molecule has 0 radical (unpaired) electrons. The fourth-order valence-electron chi connectivity index (χ4n) is 2.43. The summed E-state index contributed by atoms with van der Waals surface area (Å²) in [5, 5.41) is 4.97. The smallest absolute Gasteiger partial charge is 0.0630 e. The molecule has 0 saturated heterocycles. The molecule has 0 spiro atoms. The fraction of sp³-hybridized carbons (Fsp3) is 0.467. The summed E-state index contributed by atoms with van der Waals surface area (Å²) in [5.74, 6) is 0. The Labute approximate surface area is 116 Å². The zero-order valence-electron chi connectivity index (χ0n) is 10.9. The van der Waals surface area contributed by atoms with Crippen molar-refractivity contribution in [1.29, 1.82) is 0 Å². The van der Waals surface area contributed by atoms with Gasteiger partial charge in [-0.3, -0.25) is 0 Å². The highest BCUT2D eigenvalue weighted by atomic mass is 79.9. The number of aromatic nitrogens is 1. The molecule has 1 aromatic carbocycles. The minimum absolute atomic E-state index is 0.487. The third-order valence-electron chi connectivity index (χ3n) is 3.60. The molecule has 2 nitrogen and oxygen atoms in total. The largest absolute Gasteiger partial charge is 0.344 e. The minimum Gasteiger partial charge on any atom is -0.344 e. The Hall–Kier alpha value is -0.800. The maximum Gasteiger partial charge on any atom is 0.0630 e. The van der Waals surface area contributed by atoms with Crippen molar-refractivity contribution >= 4 is 26.8 Å². The van der Waals surface area contributed by atoms with Gasteiger partial charge in [-0.05, 0) is 54.2 Å². The zero-order chi connectivity index (χ0) is 12.7. The molecule has 1 aromatic heterocycles. The van der Waals surface area contributed by atoms with Gasteiger partial charge in [0.15, 0.2) is 0 Å². The summed E-state index contributed by atoms with van der Waals surface area (Å²) in [6.07, 6.45) is 4.98. The Bertz CT molecular complexity index is 567. The van der Waals surface area contributed by atoms with Crippen LogP contribution in [0.4, 0.5) is 0 Å². The van der Waals surface area contributed by atoms with E-state index in [0.717, 1.165) is 12.6 Å². The van der Waals surface area contributed by atoms with E-state index in [1.54, 1.807) is 0 Å². The molecule has 1 N–H and O–H groups in total. The van der Waals surface area contributed by atoms with Crippen LogP contribution in [0, 0.1) is 0 Å². The summed E-state index contributed by atoms with van der Waals surface area (Å²) in [4.78, 5) is 0. The quantitative estimate of drug-likeness (QED) is 0.894. The van der Waals surface area contributed by atoms with Crippen molar-refractivity contribution in [2.75, 3.05) is 0 Å². The van der Waals surface area contributed by atoms with E-state index in [1.165, 1.54) is 33.8 Å². The van der Waals surface area contributed by atoms with Gasteiger partial charge in [0, 0.05) is 34.7 Å². The summed E-state index contributed by atoms with van der Waals surface area (Å²) >= 11 is 3.68. The average Bonchev–Trinajstić information content (AvgIpc) is 3.08. The predicted molar refractivity (Wildman–Crippen MR) is 79.9 cm³/mol. The third-order valence-corrected chi connectivity index (χ3v) is 4.24. The first-order valence-electron chi connectivity index (χ1n) is 6.68. The van der Waals surface area contributed by atoms with Gasteiger partial charge >= 0.3 is 0 Å². The molecule has 0 atom stereocenters. The number of nitrogens with zero attached hydrogens (tertiary/aromatic N) is 1. The first-order chi connectivity index (χ1) is 8.66. The summed E-state index contributed by atoms with van der Waals surface area (Å²) in [5.41, 5.74) is 2.73. The van der Waals surface area contributed by atoms with Crippen molar-refractivity contribution in [2.45, 2.75) is 45.3 Å². The lowest BCUT2D eigenvalue weighted by molar-refractivity contribution is 0.616. The van der Waals surface area contributed by atoms with Crippen molar-refractivity contribution in [3.63, 3.8) is 0 Å². The Morgan fingerprint density at radius 3 is 2.83 bits per heavy atom. The van der Waals surface area contributed by atoms with Crippen LogP contribution in [0.2, 0.25) is 0 Å². The second-order valence-corrected chi connectivity index (χ2v) is 6.30. The molecule has 0 aliphatic heterocycles. The van der Waals surface area contributed by atoms with Gasteiger partial charge < -0.3 is 9.88 Å². The van der Waals surface area contributed by atoms with Gasteiger partial charge in [-0.15, -0.1) is 0 Å². The first-order valence-corrected chi connectivity index (χ1v) is 7.47. The number of halogens is 1. The highest BCUT2D eigenvalue weighted by molar-refractivity contribution is 9.10. The molecule has 1 fully saturated rings. The van der Waals surface area contributed by atoms with Gasteiger partial charge in [-0.2, -0.15) is 0 Å². The lowest BCUT2D eigenvalue weighted by Crippen LogP contribution is -2.14. The van der Waals surface area contributed by atoms with Crippen LogP contribution < -0.4 is 5.32 Å². The molecule has 2 aromatic rings. The second kappa shape index (κ2) is 4.71. The van der Waals surface area contributed by atoms with Crippen molar-refractivity contribution in [3.8, 4) is 0 Å². The Morgan fingerprint density at radius 2 is 2.17 bits per heavy atom. The molecule has 1 aliphatic carbocycles. The molecule has 18 heavy (non-hydrogen) atoms. The SMILES string of the molecule is CC(C)n1cc(CNC2CC2)c2cccc(Br)c21. The van der Waals surface area contributed by atoms with Gasteiger partial charge in [0.05, 0.1) is 5.52 Å². The maximum atomic E-state index is 3.68. The molecule has 96 valence electrons. The zero-order valence-corrected chi connectivity index (χ0v) is 12.5. The Morgan fingerprint density at radius 1 is 1.39 bits per heavy atom.